The normalized spacial score (nSPS) is 8.90. The zero-order valence-electron chi connectivity index (χ0n) is 5.28. The predicted molar refractivity (Wildman–Crippen MR) is 39.2 cm³/mol. The first kappa shape index (κ1) is 9.19. The average Bonchev–Trinajstić information content (AvgIpc) is 2.18. The first-order valence-corrected chi connectivity index (χ1v) is 2.64. The molecule has 5 nitrogen and oxygen atoms in total. The lowest BCUT2D eigenvalue weighted by atomic mass is 10.6. The van der Waals surface area contributed by atoms with E-state index in [4.69, 9.17) is 5.73 Å². The molecule has 0 spiro atoms. The van der Waals surface area contributed by atoms with Crippen LogP contribution in [0.5, 0.6) is 0 Å². The summed E-state index contributed by atoms with van der Waals surface area (Å²) in [5.41, 5.74) is 4.98. The van der Waals surface area contributed by atoms with E-state index in [2.05, 4.69) is 10.2 Å². The van der Waals surface area contributed by atoms with Crippen molar-refractivity contribution in [3.63, 3.8) is 0 Å². The Labute approximate surface area is 63.6 Å². The molecule has 0 saturated heterocycles. The molecule has 0 aliphatic carbocycles. The molecule has 0 aromatic carbocycles. The van der Waals surface area contributed by atoms with Crippen molar-refractivity contribution in [1.29, 1.82) is 0 Å². The zero-order chi connectivity index (χ0) is 6.69. The van der Waals surface area contributed by atoms with Crippen LogP contribution in [0.25, 0.3) is 0 Å². The average molecular weight is 165 g/mol. The Morgan fingerprint density at radius 1 is 1.80 bits per heavy atom. The molecule has 0 radical (unpaired) electrons. The van der Waals surface area contributed by atoms with Crippen LogP contribution in [0, 0.1) is 0 Å². The molecule has 0 unspecified atom stereocenters. The van der Waals surface area contributed by atoms with Crippen molar-refractivity contribution in [3.05, 3.63) is 16.8 Å². The molecule has 6 heteroatoms. The fourth-order valence-electron chi connectivity index (χ4n) is 0.569. The van der Waals surface area contributed by atoms with Crippen LogP contribution in [0.3, 0.4) is 0 Å². The fourth-order valence-corrected chi connectivity index (χ4v) is 0.569. The van der Waals surface area contributed by atoms with Gasteiger partial charge in [-0.05, 0) is 0 Å². The number of nitrogens with one attached hydrogen (secondary N) is 1. The van der Waals surface area contributed by atoms with Crippen LogP contribution >= 0.6 is 12.4 Å². The molecule has 58 valence electrons. The standard InChI is InChI=1S/C4H8N4O.ClH/c5-1-2-8-3-6-7-4(8)9;/h3H,1-2,5H2,(H,7,9);1H. The van der Waals surface area contributed by atoms with Crippen molar-refractivity contribution >= 4 is 12.4 Å². The third kappa shape index (κ3) is 1.85. The molecule has 0 bridgehead atoms. The topological polar surface area (TPSA) is 76.7 Å². The van der Waals surface area contributed by atoms with Gasteiger partial charge in [-0.15, -0.1) is 12.4 Å². The van der Waals surface area contributed by atoms with E-state index >= 15 is 0 Å². The van der Waals surface area contributed by atoms with Gasteiger partial charge < -0.3 is 5.73 Å². The molecule has 0 atom stereocenters. The van der Waals surface area contributed by atoms with Gasteiger partial charge in [-0.3, -0.25) is 4.57 Å². The van der Waals surface area contributed by atoms with Crippen molar-refractivity contribution in [1.82, 2.24) is 14.8 Å². The van der Waals surface area contributed by atoms with Gasteiger partial charge in [0.05, 0.1) is 0 Å². The summed E-state index contributed by atoms with van der Waals surface area (Å²) in [5.74, 6) is 0. The molecule has 1 aromatic rings. The minimum absolute atomic E-state index is 0. The smallest absolute Gasteiger partial charge is 0.329 e. The zero-order valence-corrected chi connectivity index (χ0v) is 6.10. The number of nitrogens with two attached hydrogens (primary N) is 1. The Hall–Kier alpha value is -0.810. The maximum absolute atomic E-state index is 10.6. The second kappa shape index (κ2) is 4.08. The Bertz CT molecular complexity index is 229. The molecule has 0 aliphatic rings. The summed E-state index contributed by atoms with van der Waals surface area (Å²) >= 11 is 0. The number of nitrogens with zero attached hydrogens (tertiary/aromatic N) is 2. The van der Waals surface area contributed by atoms with E-state index < -0.39 is 0 Å². The number of aromatic amines is 1. The molecule has 1 rings (SSSR count). The van der Waals surface area contributed by atoms with Crippen LogP contribution in [0.15, 0.2) is 11.1 Å². The molecule has 1 heterocycles. The first-order chi connectivity index (χ1) is 4.34. The van der Waals surface area contributed by atoms with Crippen LogP contribution in [0.2, 0.25) is 0 Å². The van der Waals surface area contributed by atoms with Crippen LogP contribution in [-0.2, 0) is 6.54 Å². The van der Waals surface area contributed by atoms with E-state index in [0.717, 1.165) is 0 Å². The molecular formula is C4H9ClN4O. The van der Waals surface area contributed by atoms with Gasteiger partial charge in [-0.1, -0.05) is 0 Å². The van der Waals surface area contributed by atoms with Gasteiger partial charge in [-0.2, -0.15) is 5.10 Å². The minimum Gasteiger partial charge on any atom is -0.329 e. The Morgan fingerprint density at radius 3 is 2.90 bits per heavy atom. The van der Waals surface area contributed by atoms with E-state index in [9.17, 15) is 4.79 Å². The maximum Gasteiger partial charge on any atom is 0.343 e. The number of aromatic nitrogens is 3. The third-order valence-electron chi connectivity index (χ3n) is 0.988. The van der Waals surface area contributed by atoms with E-state index in [1.807, 2.05) is 0 Å². The van der Waals surface area contributed by atoms with E-state index in [1.54, 1.807) is 0 Å². The lowest BCUT2D eigenvalue weighted by Crippen LogP contribution is -2.20. The van der Waals surface area contributed by atoms with E-state index in [1.165, 1.54) is 10.9 Å². The van der Waals surface area contributed by atoms with Crippen molar-refractivity contribution in [2.24, 2.45) is 5.73 Å². The third-order valence-corrected chi connectivity index (χ3v) is 0.988. The van der Waals surface area contributed by atoms with Gasteiger partial charge in [0.1, 0.15) is 6.33 Å². The van der Waals surface area contributed by atoms with E-state index in [-0.39, 0.29) is 18.1 Å². The monoisotopic (exact) mass is 164 g/mol. The molecule has 0 fully saturated rings. The quantitative estimate of drug-likeness (QED) is 0.586. The number of halogens is 1. The Balaban J connectivity index is 0.000000810. The van der Waals surface area contributed by atoms with Crippen molar-refractivity contribution < 1.29 is 0 Å². The number of rotatable bonds is 2. The highest BCUT2D eigenvalue weighted by atomic mass is 35.5. The summed E-state index contributed by atoms with van der Waals surface area (Å²) in [5, 5.41) is 5.77. The summed E-state index contributed by atoms with van der Waals surface area (Å²) in [6.45, 7) is 0.981. The minimum atomic E-state index is -0.208. The highest BCUT2D eigenvalue weighted by Crippen LogP contribution is 1.69. The molecular weight excluding hydrogens is 156 g/mol. The fraction of sp³-hybridized carbons (Fsp3) is 0.500. The van der Waals surface area contributed by atoms with Crippen LogP contribution in [-0.4, -0.2) is 21.3 Å². The Kier molecular flexibility index (Phi) is 3.75. The van der Waals surface area contributed by atoms with Gasteiger partial charge in [0.15, 0.2) is 0 Å². The van der Waals surface area contributed by atoms with Crippen molar-refractivity contribution in [2.45, 2.75) is 6.54 Å². The lowest BCUT2D eigenvalue weighted by Gasteiger charge is -1.91. The predicted octanol–water partition coefficient (Wildman–Crippen LogP) is -1.05. The summed E-state index contributed by atoms with van der Waals surface area (Å²) < 4.78 is 1.42. The largest absolute Gasteiger partial charge is 0.343 e. The van der Waals surface area contributed by atoms with Crippen LogP contribution in [0.4, 0.5) is 0 Å². The summed E-state index contributed by atoms with van der Waals surface area (Å²) in [4.78, 5) is 10.6. The SMILES string of the molecule is Cl.NCCn1cn[nH]c1=O. The second-order valence-corrected chi connectivity index (χ2v) is 1.64. The molecule has 0 saturated carbocycles. The van der Waals surface area contributed by atoms with E-state index in [0.29, 0.717) is 13.1 Å². The summed E-state index contributed by atoms with van der Waals surface area (Å²) in [6.07, 6.45) is 1.43. The highest BCUT2D eigenvalue weighted by Gasteiger charge is 1.91. The van der Waals surface area contributed by atoms with Gasteiger partial charge in [-0.25, -0.2) is 9.89 Å². The summed E-state index contributed by atoms with van der Waals surface area (Å²) in [7, 11) is 0. The van der Waals surface area contributed by atoms with Crippen LogP contribution in [0.1, 0.15) is 0 Å². The van der Waals surface area contributed by atoms with Gasteiger partial charge in [0.25, 0.3) is 0 Å². The summed E-state index contributed by atoms with van der Waals surface area (Å²) in [6, 6.07) is 0. The van der Waals surface area contributed by atoms with Crippen LogP contribution < -0.4 is 11.4 Å². The Morgan fingerprint density at radius 2 is 2.50 bits per heavy atom. The first-order valence-electron chi connectivity index (χ1n) is 2.64. The highest BCUT2D eigenvalue weighted by molar-refractivity contribution is 5.85. The molecule has 0 aliphatic heterocycles. The molecule has 3 N–H and O–H groups in total. The number of hydrogen-bond donors (Lipinski definition) is 2. The second-order valence-electron chi connectivity index (χ2n) is 1.64. The van der Waals surface area contributed by atoms with Crippen molar-refractivity contribution in [3.8, 4) is 0 Å². The molecule has 0 amide bonds. The van der Waals surface area contributed by atoms with Gasteiger partial charge >= 0.3 is 5.69 Å². The lowest BCUT2D eigenvalue weighted by molar-refractivity contribution is 0.682. The number of H-pyrrole nitrogens is 1. The number of hydrogen-bond acceptors (Lipinski definition) is 3. The molecule has 1 aromatic heterocycles. The molecule has 10 heavy (non-hydrogen) atoms. The van der Waals surface area contributed by atoms with Gasteiger partial charge in [0.2, 0.25) is 0 Å². The van der Waals surface area contributed by atoms with Gasteiger partial charge in [0, 0.05) is 13.1 Å². The van der Waals surface area contributed by atoms with Crippen molar-refractivity contribution in [2.75, 3.05) is 6.54 Å². The maximum atomic E-state index is 10.6.